The number of nitrogens with one attached hydrogen (secondary N) is 1. The highest BCUT2D eigenvalue weighted by Gasteiger charge is 2.40. The van der Waals surface area contributed by atoms with E-state index < -0.39 is 0 Å². The fourth-order valence-corrected chi connectivity index (χ4v) is 4.30. The summed E-state index contributed by atoms with van der Waals surface area (Å²) in [5.74, 6) is 1.31. The van der Waals surface area contributed by atoms with Crippen LogP contribution in [0.4, 0.5) is 0 Å². The van der Waals surface area contributed by atoms with Gasteiger partial charge in [-0.25, -0.2) is 0 Å². The van der Waals surface area contributed by atoms with Gasteiger partial charge in [-0.15, -0.1) is 0 Å². The van der Waals surface area contributed by atoms with Crippen molar-refractivity contribution in [1.82, 2.24) is 20.0 Å². The molecule has 0 radical (unpaired) electrons. The minimum Gasteiger partial charge on any atom is -0.338 e. The first kappa shape index (κ1) is 17.2. The van der Waals surface area contributed by atoms with Crippen molar-refractivity contribution in [2.45, 2.75) is 45.6 Å². The molecular weight excluding hydrogens is 300 g/mol. The van der Waals surface area contributed by atoms with Crippen LogP contribution in [-0.2, 0) is 11.8 Å². The molecule has 24 heavy (non-hydrogen) atoms. The Balaban J connectivity index is 1.69. The number of hydrogen-bond acceptors (Lipinski definition) is 3. The van der Waals surface area contributed by atoms with Crippen molar-refractivity contribution in [2.75, 3.05) is 20.1 Å². The third kappa shape index (κ3) is 3.27. The molecule has 1 aliphatic carbocycles. The summed E-state index contributed by atoms with van der Waals surface area (Å²) >= 11 is 0. The van der Waals surface area contributed by atoms with Gasteiger partial charge in [0.05, 0.1) is 11.7 Å². The van der Waals surface area contributed by atoms with Crippen molar-refractivity contribution in [1.29, 1.82) is 0 Å². The van der Waals surface area contributed by atoms with Gasteiger partial charge >= 0.3 is 0 Å². The second kappa shape index (κ2) is 7.09. The minimum absolute atomic E-state index is 0.143. The predicted octanol–water partition coefficient (Wildman–Crippen LogP) is 2.50. The number of hydrogen-bond donors (Lipinski definition) is 1. The molecule has 2 heterocycles. The second-order valence-electron chi connectivity index (χ2n) is 7.43. The number of carbonyl (C=O) groups is 1. The average molecular weight is 330 g/mol. The number of rotatable bonds is 5. The number of nitrogens with zero attached hydrogens (tertiary/aromatic N) is 3. The van der Waals surface area contributed by atoms with Gasteiger partial charge in [0.25, 0.3) is 0 Å². The van der Waals surface area contributed by atoms with Crippen molar-refractivity contribution in [2.24, 2.45) is 18.9 Å². The maximum Gasteiger partial charge on any atom is 0.223 e. The lowest BCUT2D eigenvalue weighted by Crippen LogP contribution is -2.32. The molecule has 3 rings (SSSR count). The third-order valence-corrected chi connectivity index (χ3v) is 5.77. The van der Waals surface area contributed by atoms with E-state index in [2.05, 4.69) is 36.4 Å². The Labute approximate surface area is 145 Å². The fourth-order valence-electron chi connectivity index (χ4n) is 4.30. The molecule has 132 valence electrons. The number of aromatic nitrogens is 2. The van der Waals surface area contributed by atoms with E-state index in [0.717, 1.165) is 24.7 Å². The summed E-state index contributed by atoms with van der Waals surface area (Å²) < 4.78 is 1.93. The van der Waals surface area contributed by atoms with Crippen LogP contribution in [0.1, 0.15) is 48.7 Å². The fraction of sp³-hybridized carbons (Fsp3) is 0.684. The molecule has 1 aromatic heterocycles. The van der Waals surface area contributed by atoms with Crippen molar-refractivity contribution in [3.8, 4) is 0 Å². The maximum atomic E-state index is 12.3. The maximum absolute atomic E-state index is 12.3. The van der Waals surface area contributed by atoms with Crippen LogP contribution in [0.15, 0.2) is 12.2 Å². The zero-order valence-corrected chi connectivity index (χ0v) is 15.4. The van der Waals surface area contributed by atoms with Gasteiger partial charge in [-0.3, -0.25) is 9.48 Å². The molecule has 3 atom stereocenters. The van der Waals surface area contributed by atoms with Crippen molar-refractivity contribution < 1.29 is 4.79 Å². The first-order valence-corrected chi connectivity index (χ1v) is 9.10. The van der Waals surface area contributed by atoms with Gasteiger partial charge in [0.1, 0.15) is 0 Å². The number of amides is 1. The normalized spacial score (nSPS) is 27.2. The summed E-state index contributed by atoms with van der Waals surface area (Å²) in [6.45, 7) is 6.11. The Morgan fingerprint density at radius 1 is 1.25 bits per heavy atom. The number of likely N-dealkylation sites (tertiary alicyclic amines) is 1. The van der Waals surface area contributed by atoms with Crippen LogP contribution in [0, 0.1) is 25.7 Å². The zero-order chi connectivity index (χ0) is 17.3. The molecular formula is C19H30N4O. The van der Waals surface area contributed by atoms with Crippen LogP contribution >= 0.6 is 0 Å². The van der Waals surface area contributed by atoms with E-state index in [9.17, 15) is 4.79 Å². The van der Waals surface area contributed by atoms with Gasteiger partial charge in [0, 0.05) is 44.2 Å². The molecule has 1 unspecified atom stereocenters. The molecule has 1 amide bonds. The number of aryl methyl sites for hydroxylation is 2. The van der Waals surface area contributed by atoms with Crippen molar-refractivity contribution in [3.63, 3.8) is 0 Å². The SMILES string of the molecule is Cc1nn(C)c(C)c1[C@H]1[C@H](CNCC2CC=CCC2)CC(=O)N1C. The summed E-state index contributed by atoms with van der Waals surface area (Å²) in [5.41, 5.74) is 3.45. The molecule has 1 N–H and O–H groups in total. The summed E-state index contributed by atoms with van der Waals surface area (Å²) in [7, 11) is 3.91. The monoisotopic (exact) mass is 330 g/mol. The van der Waals surface area contributed by atoms with E-state index in [4.69, 9.17) is 0 Å². The van der Waals surface area contributed by atoms with Crippen LogP contribution in [0.5, 0.6) is 0 Å². The molecule has 1 aliphatic heterocycles. The van der Waals surface area contributed by atoms with E-state index in [1.807, 2.05) is 23.7 Å². The van der Waals surface area contributed by atoms with Crippen molar-refractivity contribution >= 4 is 5.91 Å². The summed E-state index contributed by atoms with van der Waals surface area (Å²) in [6.07, 6.45) is 8.87. The van der Waals surface area contributed by atoms with Gasteiger partial charge in [0.15, 0.2) is 0 Å². The molecule has 5 heteroatoms. The Morgan fingerprint density at radius 2 is 2.04 bits per heavy atom. The van der Waals surface area contributed by atoms with Crippen LogP contribution in [0.3, 0.4) is 0 Å². The van der Waals surface area contributed by atoms with E-state index in [0.29, 0.717) is 12.3 Å². The van der Waals surface area contributed by atoms with Gasteiger partial charge in [-0.05, 0) is 45.6 Å². The van der Waals surface area contributed by atoms with E-state index >= 15 is 0 Å². The molecule has 0 spiro atoms. The molecule has 1 fully saturated rings. The molecule has 5 nitrogen and oxygen atoms in total. The standard InChI is InChI=1S/C19H30N4O/c1-13-18(14(2)23(4)21-13)19-16(10-17(24)22(19)3)12-20-11-15-8-6-5-7-9-15/h5-6,15-16,19-20H,7-12H2,1-4H3/t15?,16-,19+/m0/s1. The van der Waals surface area contributed by atoms with Gasteiger partial charge in [-0.2, -0.15) is 5.10 Å². The Morgan fingerprint density at radius 3 is 2.67 bits per heavy atom. The largest absolute Gasteiger partial charge is 0.338 e. The number of allylic oxidation sites excluding steroid dienone is 2. The Kier molecular flexibility index (Phi) is 5.09. The first-order chi connectivity index (χ1) is 11.5. The lowest BCUT2D eigenvalue weighted by Gasteiger charge is -2.27. The topological polar surface area (TPSA) is 50.2 Å². The zero-order valence-electron chi connectivity index (χ0n) is 15.4. The van der Waals surface area contributed by atoms with E-state index in [1.165, 1.54) is 30.5 Å². The Hall–Kier alpha value is -1.62. The molecule has 0 bridgehead atoms. The molecule has 1 saturated heterocycles. The molecule has 1 aromatic rings. The van der Waals surface area contributed by atoms with E-state index in [-0.39, 0.29) is 11.9 Å². The highest BCUT2D eigenvalue weighted by molar-refractivity contribution is 5.79. The Bertz CT molecular complexity index is 634. The average Bonchev–Trinajstić information content (AvgIpc) is 2.97. The van der Waals surface area contributed by atoms with Gasteiger partial charge in [0.2, 0.25) is 5.91 Å². The van der Waals surface area contributed by atoms with Crippen LogP contribution in [-0.4, -0.2) is 40.7 Å². The molecule has 0 aromatic carbocycles. The predicted molar refractivity (Wildman–Crippen MR) is 95.7 cm³/mol. The lowest BCUT2D eigenvalue weighted by atomic mass is 9.91. The van der Waals surface area contributed by atoms with Crippen molar-refractivity contribution in [3.05, 3.63) is 29.1 Å². The quantitative estimate of drug-likeness (QED) is 0.844. The first-order valence-electron chi connectivity index (χ1n) is 9.10. The van der Waals surface area contributed by atoms with Crippen LogP contribution < -0.4 is 5.32 Å². The summed E-state index contributed by atoms with van der Waals surface area (Å²) in [5, 5.41) is 8.20. The number of carbonyl (C=O) groups excluding carboxylic acids is 1. The second-order valence-corrected chi connectivity index (χ2v) is 7.43. The van der Waals surface area contributed by atoms with E-state index in [1.54, 1.807) is 0 Å². The molecule has 0 saturated carbocycles. The van der Waals surface area contributed by atoms with Gasteiger partial charge in [-0.1, -0.05) is 12.2 Å². The lowest BCUT2D eigenvalue weighted by molar-refractivity contribution is -0.127. The summed E-state index contributed by atoms with van der Waals surface area (Å²) in [4.78, 5) is 14.2. The molecule has 2 aliphatic rings. The minimum atomic E-state index is 0.143. The smallest absolute Gasteiger partial charge is 0.223 e. The van der Waals surface area contributed by atoms with Gasteiger partial charge < -0.3 is 10.2 Å². The third-order valence-electron chi connectivity index (χ3n) is 5.77. The summed E-state index contributed by atoms with van der Waals surface area (Å²) in [6, 6.07) is 0.143. The highest BCUT2D eigenvalue weighted by Crippen LogP contribution is 2.39. The highest BCUT2D eigenvalue weighted by atomic mass is 16.2. The van der Waals surface area contributed by atoms with Crippen LogP contribution in [0.25, 0.3) is 0 Å². The van der Waals surface area contributed by atoms with Crippen LogP contribution in [0.2, 0.25) is 0 Å².